The van der Waals surface area contributed by atoms with Crippen LogP contribution in [0.2, 0.25) is 0 Å². The number of amides is 1. The van der Waals surface area contributed by atoms with Gasteiger partial charge in [0, 0.05) is 23.6 Å². The topological polar surface area (TPSA) is 70.9 Å². The number of halogens is 4. The fourth-order valence-electron chi connectivity index (χ4n) is 2.59. The Bertz CT molecular complexity index is 939. The molecule has 0 spiro atoms. The summed E-state index contributed by atoms with van der Waals surface area (Å²) in [6.45, 7) is 0.0210. The Kier molecular flexibility index (Phi) is 4.35. The number of aromatic amines is 1. The van der Waals surface area contributed by atoms with E-state index in [9.17, 15) is 22.4 Å². The molecule has 0 saturated carbocycles. The van der Waals surface area contributed by atoms with Crippen molar-refractivity contribution in [2.45, 2.75) is 6.42 Å². The molecule has 0 radical (unpaired) electrons. The van der Waals surface area contributed by atoms with E-state index < -0.39 is 40.4 Å². The second kappa shape index (κ2) is 6.46. The van der Waals surface area contributed by atoms with Crippen LogP contribution in [-0.4, -0.2) is 17.4 Å². The highest BCUT2D eigenvalue weighted by Crippen LogP contribution is 2.25. The zero-order chi connectivity index (χ0) is 18.1. The standard InChI is InChI=1S/C17H13F4N3O/c18-12-11(13(19)15(21)16(22)14(12)20)17(25)23-6-5-8-7-24-10-4-2-1-3-9(8)10/h1-4,7,24H,5-6,22H2,(H,23,25). The molecule has 3 rings (SSSR count). The van der Waals surface area contributed by atoms with Gasteiger partial charge < -0.3 is 16.0 Å². The smallest absolute Gasteiger partial charge is 0.257 e. The van der Waals surface area contributed by atoms with Gasteiger partial charge in [0.25, 0.3) is 5.91 Å². The number of carbonyl (C=O) groups excluding carboxylic acids is 1. The van der Waals surface area contributed by atoms with Crippen LogP contribution < -0.4 is 11.1 Å². The average Bonchev–Trinajstić information content (AvgIpc) is 3.02. The van der Waals surface area contributed by atoms with Crippen molar-refractivity contribution in [1.82, 2.24) is 10.3 Å². The molecule has 1 heterocycles. The lowest BCUT2D eigenvalue weighted by Crippen LogP contribution is -2.28. The largest absolute Gasteiger partial charge is 0.394 e. The van der Waals surface area contributed by atoms with E-state index in [-0.39, 0.29) is 6.54 Å². The van der Waals surface area contributed by atoms with E-state index in [4.69, 9.17) is 5.73 Å². The summed E-state index contributed by atoms with van der Waals surface area (Å²) in [6.07, 6.45) is 2.11. The minimum Gasteiger partial charge on any atom is -0.394 e. The van der Waals surface area contributed by atoms with Crippen molar-refractivity contribution in [1.29, 1.82) is 0 Å². The van der Waals surface area contributed by atoms with Crippen LogP contribution in [0.5, 0.6) is 0 Å². The number of para-hydroxylation sites is 1. The van der Waals surface area contributed by atoms with Gasteiger partial charge in [-0.05, 0) is 18.1 Å². The molecular formula is C17H13F4N3O. The Hall–Kier alpha value is -3.03. The number of benzene rings is 2. The van der Waals surface area contributed by atoms with Gasteiger partial charge in [0.05, 0.1) is 0 Å². The molecule has 8 heteroatoms. The Labute approximate surface area is 139 Å². The van der Waals surface area contributed by atoms with Crippen LogP contribution in [0.4, 0.5) is 23.2 Å². The molecule has 1 amide bonds. The molecule has 0 fully saturated rings. The second-order valence-electron chi connectivity index (χ2n) is 5.41. The van der Waals surface area contributed by atoms with Crippen molar-refractivity contribution in [3.05, 3.63) is 64.9 Å². The minimum absolute atomic E-state index is 0.0210. The van der Waals surface area contributed by atoms with Gasteiger partial charge in [-0.15, -0.1) is 0 Å². The Morgan fingerprint density at radius 1 is 1.04 bits per heavy atom. The molecule has 1 aromatic heterocycles. The molecule has 0 atom stereocenters. The van der Waals surface area contributed by atoms with E-state index in [0.717, 1.165) is 16.5 Å². The highest BCUT2D eigenvalue weighted by Gasteiger charge is 2.28. The Morgan fingerprint density at radius 3 is 2.36 bits per heavy atom. The number of anilines is 1. The SMILES string of the molecule is Nc1c(F)c(F)c(C(=O)NCCc2c[nH]c3ccccc23)c(F)c1F. The molecule has 0 unspecified atom stereocenters. The molecule has 25 heavy (non-hydrogen) atoms. The number of nitrogens with one attached hydrogen (secondary N) is 2. The van der Waals surface area contributed by atoms with Crippen molar-refractivity contribution >= 4 is 22.5 Å². The van der Waals surface area contributed by atoms with Crippen LogP contribution in [0, 0.1) is 23.3 Å². The molecule has 0 bridgehead atoms. The van der Waals surface area contributed by atoms with E-state index in [2.05, 4.69) is 10.3 Å². The first-order valence-corrected chi connectivity index (χ1v) is 7.36. The second-order valence-corrected chi connectivity index (χ2v) is 5.41. The first kappa shape index (κ1) is 16.8. The van der Waals surface area contributed by atoms with Crippen molar-refractivity contribution in [3.63, 3.8) is 0 Å². The first-order valence-electron chi connectivity index (χ1n) is 7.36. The number of aromatic nitrogens is 1. The number of H-pyrrole nitrogens is 1. The van der Waals surface area contributed by atoms with E-state index >= 15 is 0 Å². The zero-order valence-corrected chi connectivity index (χ0v) is 12.8. The Morgan fingerprint density at radius 2 is 1.68 bits per heavy atom. The number of rotatable bonds is 4. The maximum Gasteiger partial charge on any atom is 0.257 e. The first-order chi connectivity index (χ1) is 11.9. The summed E-state index contributed by atoms with van der Waals surface area (Å²) in [4.78, 5) is 15.0. The third kappa shape index (κ3) is 2.90. The van der Waals surface area contributed by atoms with Gasteiger partial charge in [-0.3, -0.25) is 4.79 Å². The summed E-state index contributed by atoms with van der Waals surface area (Å²) >= 11 is 0. The summed E-state index contributed by atoms with van der Waals surface area (Å²) < 4.78 is 54.3. The van der Waals surface area contributed by atoms with E-state index in [1.807, 2.05) is 24.3 Å². The third-order valence-corrected chi connectivity index (χ3v) is 3.88. The fraction of sp³-hybridized carbons (Fsp3) is 0.118. The number of nitrogen functional groups attached to an aromatic ring is 1. The lowest BCUT2D eigenvalue weighted by atomic mass is 10.1. The summed E-state index contributed by atoms with van der Waals surface area (Å²) in [5, 5.41) is 3.19. The van der Waals surface area contributed by atoms with Crippen LogP contribution in [-0.2, 0) is 6.42 Å². The van der Waals surface area contributed by atoms with Crippen LogP contribution >= 0.6 is 0 Å². The quantitative estimate of drug-likeness (QED) is 0.384. The van der Waals surface area contributed by atoms with Gasteiger partial charge in [-0.25, -0.2) is 17.6 Å². The summed E-state index contributed by atoms with van der Waals surface area (Å²) in [5.74, 6) is -8.48. The molecule has 0 aliphatic rings. The van der Waals surface area contributed by atoms with Gasteiger partial charge in [-0.1, -0.05) is 18.2 Å². The van der Waals surface area contributed by atoms with Gasteiger partial charge in [0.2, 0.25) is 0 Å². The number of fused-ring (bicyclic) bond motifs is 1. The van der Waals surface area contributed by atoms with Gasteiger partial charge >= 0.3 is 0 Å². The van der Waals surface area contributed by atoms with Crippen molar-refractivity contribution in [2.75, 3.05) is 12.3 Å². The summed E-state index contributed by atoms with van der Waals surface area (Å²) in [6, 6.07) is 7.47. The lowest BCUT2D eigenvalue weighted by molar-refractivity contribution is 0.0943. The predicted molar refractivity (Wildman–Crippen MR) is 85.0 cm³/mol. The summed E-state index contributed by atoms with van der Waals surface area (Å²) in [7, 11) is 0. The summed E-state index contributed by atoms with van der Waals surface area (Å²) in [5.41, 5.74) is 4.06. The number of nitrogens with two attached hydrogens (primary N) is 1. The average molecular weight is 351 g/mol. The van der Waals surface area contributed by atoms with E-state index in [0.29, 0.717) is 6.42 Å². The van der Waals surface area contributed by atoms with Gasteiger partial charge in [0.1, 0.15) is 11.3 Å². The lowest BCUT2D eigenvalue weighted by Gasteiger charge is -2.10. The molecule has 0 aliphatic heterocycles. The van der Waals surface area contributed by atoms with Crippen LogP contribution in [0.1, 0.15) is 15.9 Å². The van der Waals surface area contributed by atoms with E-state index in [1.54, 1.807) is 6.20 Å². The van der Waals surface area contributed by atoms with Crippen molar-refractivity contribution in [2.24, 2.45) is 0 Å². The minimum atomic E-state index is -1.82. The van der Waals surface area contributed by atoms with Crippen LogP contribution in [0.25, 0.3) is 10.9 Å². The number of carbonyl (C=O) groups is 1. The molecule has 2 aromatic carbocycles. The van der Waals surface area contributed by atoms with E-state index in [1.165, 1.54) is 0 Å². The van der Waals surface area contributed by atoms with Gasteiger partial charge in [-0.2, -0.15) is 0 Å². The number of hydrogen-bond donors (Lipinski definition) is 3. The zero-order valence-electron chi connectivity index (χ0n) is 12.8. The normalized spacial score (nSPS) is 11.0. The molecular weight excluding hydrogens is 338 g/mol. The molecule has 0 saturated heterocycles. The van der Waals surface area contributed by atoms with Gasteiger partial charge in [0.15, 0.2) is 23.3 Å². The molecule has 130 valence electrons. The molecule has 4 N–H and O–H groups in total. The number of hydrogen-bond acceptors (Lipinski definition) is 2. The maximum absolute atomic E-state index is 13.7. The predicted octanol–water partition coefficient (Wildman–Crippen LogP) is 3.28. The van der Waals surface area contributed by atoms with Crippen LogP contribution in [0.15, 0.2) is 30.5 Å². The monoisotopic (exact) mass is 351 g/mol. The maximum atomic E-state index is 13.7. The molecule has 0 aliphatic carbocycles. The van der Waals surface area contributed by atoms with Crippen molar-refractivity contribution < 1.29 is 22.4 Å². The fourth-order valence-corrected chi connectivity index (χ4v) is 2.59. The highest BCUT2D eigenvalue weighted by atomic mass is 19.2. The third-order valence-electron chi connectivity index (χ3n) is 3.88. The Balaban J connectivity index is 1.75. The highest BCUT2D eigenvalue weighted by molar-refractivity contribution is 5.95. The van der Waals surface area contributed by atoms with Crippen molar-refractivity contribution in [3.8, 4) is 0 Å². The van der Waals surface area contributed by atoms with Crippen LogP contribution in [0.3, 0.4) is 0 Å². The molecule has 4 nitrogen and oxygen atoms in total. The molecule has 3 aromatic rings.